The van der Waals surface area contributed by atoms with Crippen LogP contribution in [0.5, 0.6) is 0 Å². The van der Waals surface area contributed by atoms with Crippen LogP contribution in [-0.2, 0) is 16.0 Å². The van der Waals surface area contributed by atoms with Gasteiger partial charge in [0.15, 0.2) is 0 Å². The summed E-state index contributed by atoms with van der Waals surface area (Å²) in [5.41, 5.74) is 2.86. The van der Waals surface area contributed by atoms with E-state index in [0.717, 1.165) is 36.5 Å². The smallest absolute Gasteiger partial charge is 0.228 e. The van der Waals surface area contributed by atoms with Crippen LogP contribution < -0.4 is 10.6 Å². The van der Waals surface area contributed by atoms with Crippen LogP contribution in [0.4, 0.5) is 11.5 Å². The van der Waals surface area contributed by atoms with E-state index < -0.39 is 0 Å². The molecule has 0 aliphatic rings. The number of amides is 1. The first-order chi connectivity index (χ1) is 11.2. The average molecular weight is 313 g/mol. The van der Waals surface area contributed by atoms with Gasteiger partial charge in [0.1, 0.15) is 5.82 Å². The van der Waals surface area contributed by atoms with Crippen LogP contribution >= 0.6 is 0 Å². The van der Waals surface area contributed by atoms with Crippen molar-refractivity contribution in [1.82, 2.24) is 4.98 Å². The number of anilines is 2. The van der Waals surface area contributed by atoms with Gasteiger partial charge in [-0.1, -0.05) is 24.3 Å². The fourth-order valence-corrected chi connectivity index (χ4v) is 2.19. The van der Waals surface area contributed by atoms with Crippen molar-refractivity contribution >= 4 is 17.4 Å². The van der Waals surface area contributed by atoms with Crippen LogP contribution in [0.3, 0.4) is 0 Å². The van der Waals surface area contributed by atoms with Crippen LogP contribution in [0.25, 0.3) is 0 Å². The van der Waals surface area contributed by atoms with Crippen LogP contribution in [-0.4, -0.2) is 31.2 Å². The van der Waals surface area contributed by atoms with E-state index in [1.165, 1.54) is 0 Å². The van der Waals surface area contributed by atoms with Gasteiger partial charge >= 0.3 is 0 Å². The number of carbonyl (C=O) groups excluding carboxylic acids is 1. The first-order valence-corrected chi connectivity index (χ1v) is 7.72. The number of aryl methyl sites for hydroxylation is 1. The molecular weight excluding hydrogens is 290 g/mol. The second-order valence-electron chi connectivity index (χ2n) is 5.36. The maximum Gasteiger partial charge on any atom is 0.228 e. The first-order valence-electron chi connectivity index (χ1n) is 7.72. The van der Waals surface area contributed by atoms with E-state index in [1.54, 1.807) is 13.3 Å². The normalized spacial score (nSPS) is 10.3. The Labute approximate surface area is 137 Å². The summed E-state index contributed by atoms with van der Waals surface area (Å²) in [6.07, 6.45) is 2.95. The molecule has 2 aromatic rings. The predicted octanol–water partition coefficient (Wildman–Crippen LogP) is 3.02. The van der Waals surface area contributed by atoms with Gasteiger partial charge in [-0.25, -0.2) is 4.98 Å². The lowest BCUT2D eigenvalue weighted by molar-refractivity contribution is -0.115. The van der Waals surface area contributed by atoms with E-state index in [1.807, 2.05) is 43.3 Å². The molecule has 0 spiro atoms. The van der Waals surface area contributed by atoms with E-state index in [0.29, 0.717) is 12.1 Å². The fraction of sp³-hybridized carbons (Fsp3) is 0.333. The summed E-state index contributed by atoms with van der Waals surface area (Å²) in [6.45, 7) is 3.54. The van der Waals surface area contributed by atoms with E-state index >= 15 is 0 Å². The molecule has 0 unspecified atom stereocenters. The number of nitrogens with zero attached hydrogens (tertiary/aromatic N) is 1. The Balaban J connectivity index is 1.83. The lowest BCUT2D eigenvalue weighted by Gasteiger charge is -2.09. The third-order valence-corrected chi connectivity index (χ3v) is 3.49. The molecule has 0 fully saturated rings. The number of nitrogens with one attached hydrogen (secondary N) is 2. The van der Waals surface area contributed by atoms with Gasteiger partial charge in [-0.05, 0) is 36.6 Å². The van der Waals surface area contributed by atoms with Crippen molar-refractivity contribution in [3.63, 3.8) is 0 Å². The quantitative estimate of drug-likeness (QED) is 0.735. The van der Waals surface area contributed by atoms with Gasteiger partial charge in [0.2, 0.25) is 5.91 Å². The number of methoxy groups -OCH3 is 1. The lowest BCUT2D eigenvalue weighted by atomic mass is 10.1. The molecule has 5 heteroatoms. The molecule has 2 N–H and O–H groups in total. The van der Waals surface area contributed by atoms with Crippen LogP contribution in [0.15, 0.2) is 42.6 Å². The summed E-state index contributed by atoms with van der Waals surface area (Å²) in [7, 11) is 1.69. The van der Waals surface area contributed by atoms with Crippen molar-refractivity contribution in [3.8, 4) is 0 Å². The van der Waals surface area contributed by atoms with Gasteiger partial charge < -0.3 is 15.4 Å². The van der Waals surface area contributed by atoms with Gasteiger partial charge in [-0.15, -0.1) is 0 Å². The molecule has 0 atom stereocenters. The predicted molar refractivity (Wildman–Crippen MR) is 92.7 cm³/mol. The van der Waals surface area contributed by atoms with Crippen molar-refractivity contribution in [2.75, 3.05) is 30.9 Å². The molecule has 1 aromatic carbocycles. The largest absolute Gasteiger partial charge is 0.385 e. The van der Waals surface area contributed by atoms with Crippen LogP contribution in [0, 0.1) is 6.92 Å². The molecule has 0 aliphatic heterocycles. The minimum atomic E-state index is -0.0399. The Morgan fingerprint density at radius 3 is 2.74 bits per heavy atom. The van der Waals surface area contributed by atoms with Gasteiger partial charge in [0.25, 0.3) is 0 Å². The van der Waals surface area contributed by atoms with E-state index in [4.69, 9.17) is 4.74 Å². The standard InChI is InChI=1S/C18H23N3O2/c1-14-6-3-4-7-15(14)12-18(22)21-16-8-9-17(20-13-16)19-10-5-11-23-2/h3-4,6-9,13H,5,10-12H2,1-2H3,(H,19,20)(H,21,22). The van der Waals surface area contributed by atoms with E-state index in [9.17, 15) is 4.79 Å². The molecule has 122 valence electrons. The van der Waals surface area contributed by atoms with Crippen molar-refractivity contribution in [3.05, 3.63) is 53.7 Å². The molecule has 23 heavy (non-hydrogen) atoms. The molecule has 0 saturated heterocycles. The number of carbonyl (C=O) groups is 1. The monoisotopic (exact) mass is 313 g/mol. The Kier molecular flexibility index (Phi) is 6.56. The number of benzene rings is 1. The molecule has 0 radical (unpaired) electrons. The highest BCUT2D eigenvalue weighted by Crippen LogP contribution is 2.12. The summed E-state index contributed by atoms with van der Waals surface area (Å²) < 4.78 is 4.99. The van der Waals surface area contributed by atoms with Crippen LogP contribution in [0.2, 0.25) is 0 Å². The minimum absolute atomic E-state index is 0.0399. The number of aromatic nitrogens is 1. The second kappa shape index (κ2) is 8.90. The summed E-state index contributed by atoms with van der Waals surface area (Å²) in [5, 5.41) is 6.08. The van der Waals surface area contributed by atoms with Crippen LogP contribution in [0.1, 0.15) is 17.5 Å². The van der Waals surface area contributed by atoms with Crippen molar-refractivity contribution in [1.29, 1.82) is 0 Å². The molecule has 0 aliphatic carbocycles. The minimum Gasteiger partial charge on any atom is -0.385 e. The summed E-state index contributed by atoms with van der Waals surface area (Å²) in [6, 6.07) is 11.6. The highest BCUT2D eigenvalue weighted by atomic mass is 16.5. The van der Waals surface area contributed by atoms with Gasteiger partial charge in [-0.2, -0.15) is 0 Å². The number of pyridine rings is 1. The van der Waals surface area contributed by atoms with Gasteiger partial charge in [0, 0.05) is 20.3 Å². The van der Waals surface area contributed by atoms with Crippen molar-refractivity contribution < 1.29 is 9.53 Å². The van der Waals surface area contributed by atoms with E-state index in [2.05, 4.69) is 15.6 Å². The summed E-state index contributed by atoms with van der Waals surface area (Å²) in [5.74, 6) is 0.750. The Morgan fingerprint density at radius 1 is 1.22 bits per heavy atom. The third kappa shape index (κ3) is 5.71. The molecule has 2 rings (SSSR count). The Hall–Kier alpha value is -2.40. The van der Waals surface area contributed by atoms with Gasteiger partial charge in [-0.3, -0.25) is 4.79 Å². The highest BCUT2D eigenvalue weighted by molar-refractivity contribution is 5.92. The molecule has 0 bridgehead atoms. The number of hydrogen-bond donors (Lipinski definition) is 2. The number of rotatable bonds is 8. The average Bonchev–Trinajstić information content (AvgIpc) is 2.55. The molecule has 1 aromatic heterocycles. The Bertz CT molecular complexity index is 626. The Morgan fingerprint density at radius 2 is 2.04 bits per heavy atom. The topological polar surface area (TPSA) is 63.2 Å². The zero-order valence-electron chi connectivity index (χ0n) is 13.6. The SMILES string of the molecule is COCCCNc1ccc(NC(=O)Cc2ccccc2C)cn1. The molecule has 1 heterocycles. The highest BCUT2D eigenvalue weighted by Gasteiger charge is 2.06. The maximum absolute atomic E-state index is 12.1. The summed E-state index contributed by atoms with van der Waals surface area (Å²) >= 11 is 0. The molecule has 0 saturated carbocycles. The maximum atomic E-state index is 12.1. The molecular formula is C18H23N3O2. The number of ether oxygens (including phenoxy) is 1. The molecule has 1 amide bonds. The van der Waals surface area contributed by atoms with E-state index in [-0.39, 0.29) is 5.91 Å². The zero-order chi connectivity index (χ0) is 16.5. The lowest BCUT2D eigenvalue weighted by Crippen LogP contribution is -2.15. The summed E-state index contributed by atoms with van der Waals surface area (Å²) in [4.78, 5) is 16.4. The third-order valence-electron chi connectivity index (χ3n) is 3.49. The zero-order valence-corrected chi connectivity index (χ0v) is 13.6. The number of hydrogen-bond acceptors (Lipinski definition) is 4. The van der Waals surface area contributed by atoms with Crippen molar-refractivity contribution in [2.24, 2.45) is 0 Å². The molecule has 5 nitrogen and oxygen atoms in total. The fourth-order valence-electron chi connectivity index (χ4n) is 2.19. The first kappa shape index (κ1) is 17.0. The second-order valence-corrected chi connectivity index (χ2v) is 5.36. The van der Waals surface area contributed by atoms with Gasteiger partial charge in [0.05, 0.1) is 18.3 Å². The van der Waals surface area contributed by atoms with Crippen molar-refractivity contribution in [2.45, 2.75) is 19.8 Å².